The van der Waals surface area contributed by atoms with Gasteiger partial charge in [0.15, 0.2) is 0 Å². The normalized spacial score (nSPS) is 20.0. The molecule has 3 aromatic rings. The maximum Gasteiger partial charge on any atom is 0.259 e. The average molecular weight is 392 g/mol. The molecule has 3 heterocycles. The number of hydrogen-bond donors (Lipinski definition) is 2. The van der Waals surface area contributed by atoms with Crippen LogP contribution in [0.1, 0.15) is 39.8 Å². The summed E-state index contributed by atoms with van der Waals surface area (Å²) in [5.74, 6) is -0.968. The molecule has 140 valence electrons. The number of nitrogens with two attached hydrogens (primary N) is 1. The Morgan fingerprint density at radius 2 is 2.07 bits per heavy atom. The van der Waals surface area contributed by atoms with Gasteiger partial charge in [-0.05, 0) is 29.5 Å². The van der Waals surface area contributed by atoms with Crippen LogP contribution >= 0.6 is 11.3 Å². The highest BCUT2D eigenvalue weighted by atomic mass is 32.1. The third kappa shape index (κ3) is 2.38. The molecule has 2 atom stereocenters. The number of anilines is 1. The maximum atomic E-state index is 13.1. The predicted molar refractivity (Wildman–Crippen MR) is 105 cm³/mol. The molecule has 28 heavy (non-hydrogen) atoms. The van der Waals surface area contributed by atoms with Crippen LogP contribution in [-0.2, 0) is 9.59 Å². The van der Waals surface area contributed by atoms with E-state index in [0.29, 0.717) is 17.7 Å². The Kier molecular flexibility index (Phi) is 3.78. The molecule has 2 aliphatic heterocycles. The number of hydrogen-bond acceptors (Lipinski definition) is 6. The zero-order valence-electron chi connectivity index (χ0n) is 14.7. The van der Waals surface area contributed by atoms with Crippen LogP contribution in [0, 0.1) is 0 Å². The van der Waals surface area contributed by atoms with Crippen LogP contribution in [0.15, 0.2) is 41.9 Å². The van der Waals surface area contributed by atoms with E-state index in [1.165, 1.54) is 16.2 Å². The van der Waals surface area contributed by atoms with E-state index in [1.54, 1.807) is 12.3 Å². The first-order valence-electron chi connectivity index (χ1n) is 8.94. The Hall–Kier alpha value is -3.10. The van der Waals surface area contributed by atoms with Crippen LogP contribution in [-0.4, -0.2) is 28.7 Å². The molecule has 0 bridgehead atoms. The smallest absolute Gasteiger partial charge is 0.259 e. The quantitative estimate of drug-likeness (QED) is 0.664. The van der Waals surface area contributed by atoms with E-state index in [0.717, 1.165) is 21.3 Å². The molecular weight excluding hydrogens is 376 g/mol. The lowest BCUT2D eigenvalue weighted by molar-refractivity contribution is -0.134. The van der Waals surface area contributed by atoms with Crippen molar-refractivity contribution in [1.82, 2.24) is 10.3 Å². The molecule has 0 aliphatic carbocycles. The molecule has 7 nitrogen and oxygen atoms in total. The number of nitrogens with one attached hydrogen (secondary N) is 1. The van der Waals surface area contributed by atoms with Gasteiger partial charge in [-0.3, -0.25) is 24.6 Å². The van der Waals surface area contributed by atoms with Gasteiger partial charge < -0.3 is 5.73 Å². The zero-order valence-corrected chi connectivity index (χ0v) is 15.5. The van der Waals surface area contributed by atoms with Gasteiger partial charge in [0.25, 0.3) is 5.91 Å². The Balaban J connectivity index is 1.65. The molecular formula is C20H16N4O3S. The van der Waals surface area contributed by atoms with Crippen molar-refractivity contribution in [2.75, 3.05) is 4.90 Å². The summed E-state index contributed by atoms with van der Waals surface area (Å²) in [6.07, 6.45) is 2.24. The fourth-order valence-electron chi connectivity index (χ4n) is 4.06. The van der Waals surface area contributed by atoms with Gasteiger partial charge in [-0.2, -0.15) is 0 Å². The second-order valence-corrected chi connectivity index (χ2v) is 7.82. The lowest BCUT2D eigenvalue weighted by Crippen LogP contribution is -2.53. The van der Waals surface area contributed by atoms with E-state index in [1.807, 2.05) is 29.6 Å². The van der Waals surface area contributed by atoms with Crippen LogP contribution in [0.5, 0.6) is 0 Å². The van der Waals surface area contributed by atoms with E-state index in [9.17, 15) is 14.4 Å². The summed E-state index contributed by atoms with van der Waals surface area (Å²) >= 11 is 1.48. The molecule has 5 rings (SSSR count). The Bertz CT molecular complexity index is 1140. The number of amides is 3. The lowest BCUT2D eigenvalue weighted by Gasteiger charge is -2.30. The molecule has 3 N–H and O–H groups in total. The summed E-state index contributed by atoms with van der Waals surface area (Å²) in [5, 5.41) is 6.68. The number of aromatic nitrogens is 1. The fourth-order valence-corrected chi connectivity index (χ4v) is 4.72. The van der Waals surface area contributed by atoms with Crippen molar-refractivity contribution in [2.24, 2.45) is 5.73 Å². The number of nitrogens with zero attached hydrogens (tertiary/aromatic N) is 2. The van der Waals surface area contributed by atoms with Crippen molar-refractivity contribution in [2.45, 2.75) is 24.9 Å². The van der Waals surface area contributed by atoms with Gasteiger partial charge in [0, 0.05) is 28.9 Å². The molecule has 0 spiro atoms. The van der Waals surface area contributed by atoms with Crippen LogP contribution < -0.4 is 16.0 Å². The zero-order chi connectivity index (χ0) is 19.4. The third-order valence-electron chi connectivity index (χ3n) is 5.34. The largest absolute Gasteiger partial charge is 0.318 e. The van der Waals surface area contributed by atoms with Crippen LogP contribution in [0.4, 0.5) is 5.69 Å². The van der Waals surface area contributed by atoms with Crippen molar-refractivity contribution in [3.05, 3.63) is 58.0 Å². The molecule has 2 aromatic carbocycles. The molecule has 1 fully saturated rings. The summed E-state index contributed by atoms with van der Waals surface area (Å²) in [6, 6.07) is 8.16. The minimum absolute atomic E-state index is 0.215. The summed E-state index contributed by atoms with van der Waals surface area (Å²) < 4.78 is 0. The number of carbonyl (C=O) groups excluding carboxylic acids is 3. The average Bonchev–Trinajstić information content (AvgIpc) is 3.31. The van der Waals surface area contributed by atoms with Gasteiger partial charge in [-0.15, -0.1) is 11.3 Å². The topological polar surface area (TPSA) is 105 Å². The van der Waals surface area contributed by atoms with Crippen molar-refractivity contribution in [3.63, 3.8) is 0 Å². The molecule has 8 heteroatoms. The number of piperidine rings is 1. The molecule has 0 saturated carbocycles. The van der Waals surface area contributed by atoms with Crippen molar-refractivity contribution < 1.29 is 14.4 Å². The molecule has 1 saturated heterocycles. The van der Waals surface area contributed by atoms with Gasteiger partial charge in [0.05, 0.1) is 11.7 Å². The highest BCUT2D eigenvalue weighted by Gasteiger charge is 2.41. The van der Waals surface area contributed by atoms with Crippen LogP contribution in [0.25, 0.3) is 10.8 Å². The molecule has 2 aliphatic rings. The van der Waals surface area contributed by atoms with E-state index in [-0.39, 0.29) is 18.2 Å². The molecule has 2 unspecified atom stereocenters. The Labute approximate surface area is 164 Å². The van der Waals surface area contributed by atoms with Crippen molar-refractivity contribution in [1.29, 1.82) is 0 Å². The van der Waals surface area contributed by atoms with Gasteiger partial charge in [0.1, 0.15) is 11.0 Å². The van der Waals surface area contributed by atoms with Crippen LogP contribution in [0.2, 0.25) is 0 Å². The van der Waals surface area contributed by atoms with Crippen molar-refractivity contribution >= 4 is 45.5 Å². The van der Waals surface area contributed by atoms with E-state index >= 15 is 0 Å². The van der Waals surface area contributed by atoms with Gasteiger partial charge >= 0.3 is 0 Å². The van der Waals surface area contributed by atoms with Gasteiger partial charge in [-0.1, -0.05) is 18.2 Å². The number of carbonyl (C=O) groups is 3. The van der Waals surface area contributed by atoms with E-state index < -0.39 is 18.0 Å². The standard InChI is InChI=1S/C20H16N4O3S/c21-17(19-22-8-9-28-19)11-4-5-13-16-10(11)2-1-3-12(16)20(27)24(13)14-6-7-15(25)23-18(14)26/h1-5,8-9,14,17H,6-7,21H2,(H,23,25,26). The minimum atomic E-state index is -0.695. The Morgan fingerprint density at radius 3 is 2.82 bits per heavy atom. The first kappa shape index (κ1) is 17.0. The second kappa shape index (κ2) is 6.22. The first-order valence-corrected chi connectivity index (χ1v) is 9.82. The summed E-state index contributed by atoms with van der Waals surface area (Å²) in [4.78, 5) is 42.8. The van der Waals surface area contributed by atoms with Gasteiger partial charge in [0.2, 0.25) is 11.8 Å². The SMILES string of the molecule is NC(c1nccs1)c1ccc2c3c(cccc13)C(=O)N2C1CCC(=O)NC1=O. The number of benzene rings is 2. The van der Waals surface area contributed by atoms with Gasteiger partial charge in [-0.25, -0.2) is 4.98 Å². The number of rotatable bonds is 3. The third-order valence-corrected chi connectivity index (χ3v) is 6.19. The minimum Gasteiger partial charge on any atom is -0.318 e. The maximum absolute atomic E-state index is 13.1. The summed E-state index contributed by atoms with van der Waals surface area (Å²) in [5.41, 5.74) is 8.55. The highest BCUT2D eigenvalue weighted by Crippen LogP contribution is 2.42. The number of thiazole rings is 1. The van der Waals surface area contributed by atoms with E-state index in [2.05, 4.69) is 10.3 Å². The molecule has 0 radical (unpaired) electrons. The molecule has 3 amide bonds. The van der Waals surface area contributed by atoms with Crippen molar-refractivity contribution in [3.8, 4) is 0 Å². The first-order chi connectivity index (χ1) is 13.6. The number of imide groups is 1. The van der Waals surface area contributed by atoms with Crippen LogP contribution in [0.3, 0.4) is 0 Å². The lowest BCUT2D eigenvalue weighted by atomic mass is 9.96. The fraction of sp³-hybridized carbons (Fsp3) is 0.200. The Morgan fingerprint density at radius 1 is 1.21 bits per heavy atom. The monoisotopic (exact) mass is 392 g/mol. The summed E-state index contributed by atoms with van der Waals surface area (Å²) in [6.45, 7) is 0. The predicted octanol–water partition coefficient (Wildman–Crippen LogP) is 2.11. The second-order valence-electron chi connectivity index (χ2n) is 6.89. The summed E-state index contributed by atoms with van der Waals surface area (Å²) in [7, 11) is 0. The molecule has 1 aromatic heterocycles. The highest BCUT2D eigenvalue weighted by molar-refractivity contribution is 7.09. The van der Waals surface area contributed by atoms with E-state index in [4.69, 9.17) is 5.73 Å².